The second kappa shape index (κ2) is 41.2. The first-order valence-corrected chi connectivity index (χ1v) is 22.7. The van der Waals surface area contributed by atoms with Crippen molar-refractivity contribution in [2.24, 2.45) is 0 Å². The van der Waals surface area contributed by atoms with Crippen LogP contribution in [-0.4, -0.2) is 218 Å². The van der Waals surface area contributed by atoms with Crippen LogP contribution in [0.3, 0.4) is 0 Å². The zero-order chi connectivity index (χ0) is 48.2. The number of carbonyl (C=O) groups excluding carboxylic acids is 2. The Morgan fingerprint density at radius 3 is 1.18 bits per heavy atom. The molecule has 0 saturated carbocycles. The molecule has 3 N–H and O–H groups in total. The van der Waals surface area contributed by atoms with E-state index in [1.165, 1.54) is 6.20 Å². The maximum Gasteiger partial charge on any atom is 0.305 e. The second-order valence-electron chi connectivity index (χ2n) is 13.9. The molecule has 0 bridgehead atoms. The fourth-order valence-electron chi connectivity index (χ4n) is 5.19. The van der Waals surface area contributed by atoms with Crippen LogP contribution in [0.4, 0.5) is 5.69 Å². The highest BCUT2D eigenvalue weighted by Gasteiger charge is 2.10. The highest BCUT2D eigenvalue weighted by molar-refractivity contribution is 5.91. The van der Waals surface area contributed by atoms with Crippen LogP contribution in [0.1, 0.15) is 25.7 Å². The molecule has 0 atom stereocenters. The predicted octanol–water partition coefficient (Wildman–Crippen LogP) is 1.29. The van der Waals surface area contributed by atoms with E-state index in [-0.39, 0.29) is 43.5 Å². The molecular formula is C44H68N8O16. The zero-order valence-corrected chi connectivity index (χ0v) is 38.8. The van der Waals surface area contributed by atoms with Gasteiger partial charge in [-0.25, -0.2) is 0 Å². The van der Waals surface area contributed by atoms with Crippen LogP contribution >= 0.6 is 0 Å². The van der Waals surface area contributed by atoms with Gasteiger partial charge in [0, 0.05) is 25.6 Å². The minimum absolute atomic E-state index is 0.0129. The van der Waals surface area contributed by atoms with Gasteiger partial charge in [0.25, 0.3) is 0 Å². The number of aromatic nitrogens is 6. The maximum atomic E-state index is 12.4. The number of aliphatic carboxylic acids is 1. The van der Waals surface area contributed by atoms with Crippen LogP contribution in [0.5, 0.6) is 0 Å². The first-order valence-electron chi connectivity index (χ1n) is 22.7. The molecule has 3 rings (SSSR count). The molecule has 3 aromatic heterocycles. The SMILES string of the molecule is O=C(O)CCOCCOCCOCCOCCOCCOCCOCCOCCOCCOCCOCCOCCNC(=O)CCCC(=O)Nc1ccc(-c2nnc(-c3ccccn3)nn2)nc1. The largest absolute Gasteiger partial charge is 0.481 e. The molecule has 2 amide bonds. The highest BCUT2D eigenvalue weighted by atomic mass is 16.6. The van der Waals surface area contributed by atoms with Gasteiger partial charge in [-0.2, -0.15) is 0 Å². The smallest absolute Gasteiger partial charge is 0.305 e. The van der Waals surface area contributed by atoms with Crippen molar-refractivity contribution in [1.82, 2.24) is 35.7 Å². The number of carboxylic acid groups (broad SMARTS) is 1. The third-order valence-corrected chi connectivity index (χ3v) is 8.58. The second-order valence-corrected chi connectivity index (χ2v) is 13.9. The molecule has 0 radical (unpaired) electrons. The lowest BCUT2D eigenvalue weighted by atomic mass is 10.2. The molecule has 0 saturated heterocycles. The van der Waals surface area contributed by atoms with Crippen molar-refractivity contribution in [1.29, 1.82) is 0 Å². The zero-order valence-electron chi connectivity index (χ0n) is 38.8. The van der Waals surface area contributed by atoms with E-state index < -0.39 is 5.97 Å². The van der Waals surface area contributed by atoms with Crippen molar-refractivity contribution in [3.8, 4) is 23.0 Å². The average Bonchev–Trinajstić information content (AvgIpc) is 3.35. The molecule has 24 heteroatoms. The number of rotatable bonds is 46. The van der Waals surface area contributed by atoms with Gasteiger partial charge in [-0.3, -0.25) is 24.4 Å². The van der Waals surface area contributed by atoms with Crippen LogP contribution in [0.15, 0.2) is 42.7 Å². The van der Waals surface area contributed by atoms with Gasteiger partial charge in [-0.05, 0) is 30.7 Å². The summed E-state index contributed by atoms with van der Waals surface area (Å²) in [6, 6.07) is 8.71. The number of nitrogens with one attached hydrogen (secondary N) is 2. The Balaban J connectivity index is 0.947. The molecule has 0 spiro atoms. The molecule has 68 heavy (non-hydrogen) atoms. The van der Waals surface area contributed by atoms with Gasteiger partial charge < -0.3 is 72.6 Å². The lowest BCUT2D eigenvalue weighted by Crippen LogP contribution is -2.27. The lowest BCUT2D eigenvalue weighted by molar-refractivity contribution is -0.138. The Morgan fingerprint density at radius 2 is 0.809 bits per heavy atom. The summed E-state index contributed by atoms with van der Waals surface area (Å²) in [5.74, 6) is -0.731. The minimum atomic E-state index is -0.883. The number of ether oxygens (including phenoxy) is 12. The van der Waals surface area contributed by atoms with Gasteiger partial charge >= 0.3 is 5.97 Å². The number of carboxylic acids is 1. The molecule has 24 nitrogen and oxygen atoms in total. The number of amides is 2. The summed E-state index contributed by atoms with van der Waals surface area (Å²) in [4.78, 5) is 43.3. The van der Waals surface area contributed by atoms with Gasteiger partial charge in [0.1, 0.15) is 11.4 Å². The van der Waals surface area contributed by atoms with E-state index in [9.17, 15) is 14.4 Å². The molecule has 380 valence electrons. The fourth-order valence-corrected chi connectivity index (χ4v) is 5.19. The quantitative estimate of drug-likeness (QED) is 0.0673. The van der Waals surface area contributed by atoms with E-state index >= 15 is 0 Å². The van der Waals surface area contributed by atoms with Crippen LogP contribution in [0, 0.1) is 0 Å². The van der Waals surface area contributed by atoms with Crippen LogP contribution in [0.2, 0.25) is 0 Å². The molecule has 0 aromatic carbocycles. The third-order valence-electron chi connectivity index (χ3n) is 8.58. The van der Waals surface area contributed by atoms with Crippen molar-refractivity contribution in [3.05, 3.63) is 42.7 Å². The minimum Gasteiger partial charge on any atom is -0.481 e. The predicted molar refractivity (Wildman–Crippen MR) is 242 cm³/mol. The lowest BCUT2D eigenvalue weighted by Gasteiger charge is -2.09. The van der Waals surface area contributed by atoms with Gasteiger partial charge in [0.05, 0.1) is 177 Å². The van der Waals surface area contributed by atoms with Crippen LogP contribution in [0.25, 0.3) is 23.0 Å². The average molecular weight is 965 g/mol. The van der Waals surface area contributed by atoms with E-state index in [0.717, 1.165) is 0 Å². The van der Waals surface area contributed by atoms with E-state index in [2.05, 4.69) is 41.0 Å². The Kier molecular flexibility index (Phi) is 34.8. The highest BCUT2D eigenvalue weighted by Crippen LogP contribution is 2.15. The van der Waals surface area contributed by atoms with E-state index in [1.54, 1.807) is 30.5 Å². The van der Waals surface area contributed by atoms with Crippen molar-refractivity contribution >= 4 is 23.5 Å². The number of hydrogen-bond donors (Lipinski definition) is 3. The number of hydrogen-bond acceptors (Lipinski definition) is 21. The Morgan fingerprint density at radius 1 is 0.426 bits per heavy atom. The Bertz CT molecular complexity index is 1690. The van der Waals surface area contributed by atoms with Gasteiger partial charge in [-0.1, -0.05) is 6.07 Å². The summed E-state index contributed by atoms with van der Waals surface area (Å²) < 4.78 is 65.2. The summed E-state index contributed by atoms with van der Waals surface area (Å²) in [5, 5.41) is 30.3. The maximum absolute atomic E-state index is 12.4. The van der Waals surface area contributed by atoms with Crippen molar-refractivity contribution in [2.75, 3.05) is 170 Å². The summed E-state index contributed by atoms with van der Waals surface area (Å²) >= 11 is 0. The molecule has 0 fully saturated rings. The molecule has 0 unspecified atom stereocenters. The van der Waals surface area contributed by atoms with Crippen molar-refractivity contribution in [2.45, 2.75) is 25.7 Å². The molecule has 0 aliphatic rings. The van der Waals surface area contributed by atoms with Gasteiger partial charge in [-0.15, -0.1) is 20.4 Å². The van der Waals surface area contributed by atoms with Crippen LogP contribution < -0.4 is 10.6 Å². The van der Waals surface area contributed by atoms with Gasteiger partial charge in [0.2, 0.25) is 23.5 Å². The van der Waals surface area contributed by atoms with Crippen LogP contribution in [-0.2, 0) is 71.2 Å². The first kappa shape index (κ1) is 57.5. The summed E-state index contributed by atoms with van der Waals surface area (Å²) in [5.41, 5.74) is 1.51. The van der Waals surface area contributed by atoms with Crippen molar-refractivity contribution < 1.29 is 76.3 Å². The number of pyridine rings is 2. The van der Waals surface area contributed by atoms with E-state index in [4.69, 9.17) is 61.9 Å². The molecule has 3 aromatic rings. The normalized spacial score (nSPS) is 11.2. The molecule has 0 aliphatic carbocycles. The third kappa shape index (κ3) is 32.0. The number of carbonyl (C=O) groups is 3. The first-order chi connectivity index (χ1) is 33.5. The Hall–Kier alpha value is -4.83. The molecule has 3 heterocycles. The topological polar surface area (TPSA) is 284 Å². The van der Waals surface area contributed by atoms with Gasteiger partial charge in [0.15, 0.2) is 0 Å². The summed E-state index contributed by atoms with van der Waals surface area (Å²) in [6.07, 6.45) is 3.89. The summed E-state index contributed by atoms with van der Waals surface area (Å²) in [6.45, 7) is 10.6. The Labute approximate surface area is 396 Å². The van der Waals surface area contributed by atoms with E-state index in [0.29, 0.717) is 188 Å². The molecule has 0 aliphatic heterocycles. The standard InChI is InChI=1S/C44H68N8O16/c53-40(5-3-6-41(54)48-37-7-8-39(47-36-37)44-51-49-43(50-52-44)38-4-1-2-10-45-38)46-11-13-58-15-17-60-19-21-62-23-25-64-27-29-66-31-33-68-35-34-67-32-30-65-28-26-63-24-22-61-20-18-59-16-14-57-12-9-42(55)56/h1-2,4,7-8,10,36H,3,5-6,9,11-35H2,(H,46,53)(H,48,54)(H,55,56). The van der Waals surface area contributed by atoms with E-state index in [1.807, 2.05) is 6.07 Å². The number of anilines is 1. The number of nitrogens with zero attached hydrogens (tertiary/aromatic N) is 6. The molecular weight excluding hydrogens is 897 g/mol. The van der Waals surface area contributed by atoms with Crippen molar-refractivity contribution in [3.63, 3.8) is 0 Å². The monoisotopic (exact) mass is 964 g/mol. The fraction of sp³-hybridized carbons (Fsp3) is 0.659. The summed E-state index contributed by atoms with van der Waals surface area (Å²) in [7, 11) is 0.